The van der Waals surface area contributed by atoms with E-state index in [0.717, 1.165) is 0 Å². The first-order valence-electron chi connectivity index (χ1n) is 7.93. The Kier molecular flexibility index (Phi) is 5.05. The number of carbonyl (C=O) groups is 2. The van der Waals surface area contributed by atoms with Crippen molar-refractivity contribution in [3.63, 3.8) is 0 Å². The predicted octanol–water partition coefficient (Wildman–Crippen LogP) is 3.42. The number of carboxylic acids is 1. The molecule has 0 amide bonds. The zero-order chi connectivity index (χ0) is 19.4. The van der Waals surface area contributed by atoms with Gasteiger partial charge < -0.3 is 5.11 Å². The van der Waals surface area contributed by atoms with E-state index in [9.17, 15) is 18.0 Å². The van der Waals surface area contributed by atoms with Gasteiger partial charge >= 0.3 is 5.97 Å². The number of hydrogen-bond acceptors (Lipinski definition) is 4. The Hall–Kier alpha value is -3.45. The molecule has 0 spiro atoms. The van der Waals surface area contributed by atoms with Crippen LogP contribution >= 0.6 is 0 Å². The highest BCUT2D eigenvalue weighted by atomic mass is 32.2. The predicted molar refractivity (Wildman–Crippen MR) is 101 cm³/mol. The van der Waals surface area contributed by atoms with Crippen molar-refractivity contribution in [3.8, 4) is 0 Å². The molecule has 3 aromatic carbocycles. The number of para-hydroxylation sites is 1. The molecule has 0 unspecified atom stereocenters. The van der Waals surface area contributed by atoms with Gasteiger partial charge in [-0.3, -0.25) is 9.52 Å². The highest BCUT2D eigenvalue weighted by Crippen LogP contribution is 2.23. The molecule has 6 nitrogen and oxygen atoms in total. The van der Waals surface area contributed by atoms with Crippen LogP contribution in [0.4, 0.5) is 5.69 Å². The molecular weight excluding hydrogens is 366 g/mol. The van der Waals surface area contributed by atoms with Crippen LogP contribution in [0.5, 0.6) is 0 Å². The third kappa shape index (κ3) is 4.04. The Morgan fingerprint density at radius 3 is 1.96 bits per heavy atom. The van der Waals surface area contributed by atoms with Gasteiger partial charge in [0.25, 0.3) is 10.0 Å². The second-order valence-corrected chi connectivity index (χ2v) is 7.36. The monoisotopic (exact) mass is 381 g/mol. The Balaban J connectivity index is 1.94. The van der Waals surface area contributed by atoms with Crippen LogP contribution in [0.2, 0.25) is 0 Å². The van der Waals surface area contributed by atoms with Crippen molar-refractivity contribution < 1.29 is 23.1 Å². The van der Waals surface area contributed by atoms with Crippen molar-refractivity contribution >= 4 is 27.5 Å². The van der Waals surface area contributed by atoms with E-state index in [1.807, 2.05) is 0 Å². The number of hydrogen-bond donors (Lipinski definition) is 2. The summed E-state index contributed by atoms with van der Waals surface area (Å²) in [5, 5.41) is 8.92. The van der Waals surface area contributed by atoms with Crippen LogP contribution in [-0.2, 0) is 10.0 Å². The number of sulfonamides is 1. The lowest BCUT2D eigenvalue weighted by Crippen LogP contribution is -2.16. The number of nitrogens with one attached hydrogen (secondary N) is 1. The molecule has 0 saturated heterocycles. The zero-order valence-corrected chi connectivity index (χ0v) is 14.8. The van der Waals surface area contributed by atoms with Crippen molar-refractivity contribution in [1.82, 2.24) is 0 Å². The van der Waals surface area contributed by atoms with Gasteiger partial charge in [0.05, 0.1) is 16.1 Å². The maximum atomic E-state index is 12.7. The average Bonchev–Trinajstić information content (AvgIpc) is 2.68. The van der Waals surface area contributed by atoms with E-state index in [0.29, 0.717) is 5.56 Å². The third-order valence-corrected chi connectivity index (χ3v) is 5.24. The molecule has 136 valence electrons. The van der Waals surface area contributed by atoms with Crippen LogP contribution < -0.4 is 4.72 Å². The SMILES string of the molecule is O=C(O)c1ccc(S(=O)(=O)Nc2ccccc2C(=O)c2ccccc2)cc1. The molecule has 0 heterocycles. The van der Waals surface area contributed by atoms with Gasteiger partial charge in [-0.15, -0.1) is 0 Å². The van der Waals surface area contributed by atoms with Crippen molar-refractivity contribution in [2.45, 2.75) is 4.90 Å². The van der Waals surface area contributed by atoms with E-state index in [1.165, 1.54) is 30.3 Å². The Bertz CT molecular complexity index is 1090. The first-order chi connectivity index (χ1) is 12.9. The van der Waals surface area contributed by atoms with Gasteiger partial charge in [-0.1, -0.05) is 42.5 Å². The maximum absolute atomic E-state index is 12.7. The number of rotatable bonds is 6. The molecule has 7 heteroatoms. The minimum absolute atomic E-state index is 0.0198. The van der Waals surface area contributed by atoms with E-state index < -0.39 is 16.0 Å². The van der Waals surface area contributed by atoms with Gasteiger partial charge in [-0.05, 0) is 36.4 Å². The molecule has 0 aromatic heterocycles. The summed E-state index contributed by atoms with van der Waals surface area (Å²) < 4.78 is 27.7. The lowest BCUT2D eigenvalue weighted by atomic mass is 10.0. The summed E-state index contributed by atoms with van der Waals surface area (Å²) in [6.45, 7) is 0. The molecule has 2 N–H and O–H groups in total. The minimum atomic E-state index is -3.99. The summed E-state index contributed by atoms with van der Waals surface area (Å²) in [7, 11) is -3.99. The first-order valence-corrected chi connectivity index (χ1v) is 9.42. The van der Waals surface area contributed by atoms with Crippen molar-refractivity contribution in [2.24, 2.45) is 0 Å². The highest BCUT2D eigenvalue weighted by Gasteiger charge is 2.19. The van der Waals surface area contributed by atoms with Crippen LogP contribution in [0.25, 0.3) is 0 Å². The highest BCUT2D eigenvalue weighted by molar-refractivity contribution is 7.92. The normalized spacial score (nSPS) is 11.0. The van der Waals surface area contributed by atoms with Crippen molar-refractivity contribution in [3.05, 3.63) is 95.6 Å². The molecule has 0 radical (unpaired) electrons. The lowest BCUT2D eigenvalue weighted by molar-refractivity contribution is 0.0696. The van der Waals surface area contributed by atoms with Gasteiger partial charge in [-0.25, -0.2) is 13.2 Å². The molecule has 0 atom stereocenters. The summed E-state index contributed by atoms with van der Waals surface area (Å²) in [6.07, 6.45) is 0. The van der Waals surface area contributed by atoms with Gasteiger partial charge in [0.2, 0.25) is 0 Å². The molecular formula is C20H15NO5S. The lowest BCUT2D eigenvalue weighted by Gasteiger charge is -2.12. The summed E-state index contributed by atoms with van der Waals surface area (Å²) in [5.41, 5.74) is 0.784. The Morgan fingerprint density at radius 2 is 1.33 bits per heavy atom. The summed E-state index contributed by atoms with van der Waals surface area (Å²) in [6, 6.07) is 19.7. The largest absolute Gasteiger partial charge is 0.478 e. The fraction of sp³-hybridized carbons (Fsp3) is 0. The minimum Gasteiger partial charge on any atom is -0.478 e. The zero-order valence-electron chi connectivity index (χ0n) is 14.0. The number of carbonyl (C=O) groups excluding carboxylic acids is 1. The molecule has 0 fully saturated rings. The molecule has 0 bridgehead atoms. The molecule has 3 rings (SSSR count). The van der Waals surface area contributed by atoms with Crippen LogP contribution in [0.15, 0.2) is 83.8 Å². The van der Waals surface area contributed by atoms with Crippen LogP contribution in [-0.4, -0.2) is 25.3 Å². The van der Waals surface area contributed by atoms with E-state index in [2.05, 4.69) is 4.72 Å². The summed E-state index contributed by atoms with van der Waals surface area (Å²) in [4.78, 5) is 23.5. The van der Waals surface area contributed by atoms with Crippen molar-refractivity contribution in [1.29, 1.82) is 0 Å². The quantitative estimate of drug-likeness (QED) is 0.637. The van der Waals surface area contributed by atoms with Crippen molar-refractivity contribution in [2.75, 3.05) is 4.72 Å². The fourth-order valence-electron chi connectivity index (χ4n) is 2.50. The van der Waals surface area contributed by atoms with Gasteiger partial charge in [-0.2, -0.15) is 0 Å². The number of aromatic carboxylic acids is 1. The molecule has 0 aliphatic heterocycles. The number of anilines is 1. The number of ketones is 1. The Labute approximate surface area is 156 Å². The van der Waals surface area contributed by atoms with E-state index in [4.69, 9.17) is 5.11 Å². The molecule has 27 heavy (non-hydrogen) atoms. The van der Waals surface area contributed by atoms with E-state index >= 15 is 0 Å². The summed E-state index contributed by atoms with van der Waals surface area (Å²) >= 11 is 0. The standard InChI is InChI=1S/C20H15NO5S/c22-19(14-6-2-1-3-7-14)17-8-4-5-9-18(17)21-27(25,26)16-12-10-15(11-13-16)20(23)24/h1-13,21H,(H,23,24). The van der Waals surface area contributed by atoms with Crippen LogP contribution in [0, 0.1) is 0 Å². The maximum Gasteiger partial charge on any atom is 0.335 e. The molecule has 3 aromatic rings. The molecule has 0 aliphatic rings. The number of benzene rings is 3. The van der Waals surface area contributed by atoms with Gasteiger partial charge in [0.1, 0.15) is 0 Å². The second kappa shape index (κ2) is 7.43. The van der Waals surface area contributed by atoms with E-state index in [1.54, 1.807) is 48.5 Å². The van der Waals surface area contributed by atoms with Gasteiger partial charge in [0.15, 0.2) is 5.78 Å². The summed E-state index contributed by atoms with van der Waals surface area (Å²) in [5.74, 6) is -1.46. The average molecular weight is 381 g/mol. The van der Waals surface area contributed by atoms with Gasteiger partial charge in [0, 0.05) is 11.1 Å². The smallest absolute Gasteiger partial charge is 0.335 e. The fourth-order valence-corrected chi connectivity index (χ4v) is 3.58. The topological polar surface area (TPSA) is 101 Å². The second-order valence-electron chi connectivity index (χ2n) is 5.68. The molecule has 0 saturated carbocycles. The Morgan fingerprint density at radius 1 is 0.741 bits per heavy atom. The van der Waals surface area contributed by atoms with Crippen LogP contribution in [0.1, 0.15) is 26.3 Å². The molecule has 0 aliphatic carbocycles. The van der Waals surface area contributed by atoms with Crippen LogP contribution in [0.3, 0.4) is 0 Å². The van der Waals surface area contributed by atoms with E-state index in [-0.39, 0.29) is 27.5 Å². The number of carboxylic acid groups (broad SMARTS) is 1. The first kappa shape index (κ1) is 18.3. The third-order valence-electron chi connectivity index (χ3n) is 3.86.